The second-order valence-electron chi connectivity index (χ2n) is 3.97. The highest BCUT2D eigenvalue weighted by atomic mass is 15.1. The largest absolute Gasteiger partial charge is 0.306 e. The summed E-state index contributed by atoms with van der Waals surface area (Å²) in [5.41, 5.74) is 0.618. The molecule has 0 spiro atoms. The third kappa shape index (κ3) is 4.41. The van der Waals surface area contributed by atoms with E-state index in [1.807, 2.05) is 13.8 Å². The van der Waals surface area contributed by atoms with E-state index in [1.165, 1.54) is 25.9 Å². The lowest BCUT2D eigenvalue weighted by molar-refractivity contribution is 0.157. The van der Waals surface area contributed by atoms with Crippen LogP contribution in [0.4, 0.5) is 0 Å². The van der Waals surface area contributed by atoms with Gasteiger partial charge in [-0.3, -0.25) is 0 Å². The zero-order valence-electron chi connectivity index (χ0n) is 8.78. The molecular weight excluding hydrogens is 134 g/mol. The first-order chi connectivity index (χ1) is 5.10. The van der Waals surface area contributed by atoms with Gasteiger partial charge in [-0.05, 0) is 38.4 Å². The van der Waals surface area contributed by atoms with Crippen molar-refractivity contribution < 1.29 is 0 Å². The molecule has 1 saturated heterocycles. The van der Waals surface area contributed by atoms with Gasteiger partial charge in [0.05, 0.1) is 0 Å². The molecule has 0 atom stereocenters. The zero-order chi connectivity index (χ0) is 8.91. The molecule has 0 aromatic rings. The number of nitrogens with zero attached hydrogens (tertiary/aromatic N) is 1. The van der Waals surface area contributed by atoms with Crippen molar-refractivity contribution in [3.63, 3.8) is 0 Å². The van der Waals surface area contributed by atoms with Crippen molar-refractivity contribution in [1.82, 2.24) is 4.90 Å². The van der Waals surface area contributed by atoms with Crippen molar-refractivity contribution in [3.8, 4) is 0 Å². The van der Waals surface area contributed by atoms with Gasteiger partial charge in [0.2, 0.25) is 0 Å². The molecule has 0 bridgehead atoms. The van der Waals surface area contributed by atoms with E-state index in [4.69, 9.17) is 0 Å². The molecule has 0 saturated carbocycles. The number of rotatable bonds is 0. The van der Waals surface area contributed by atoms with Crippen LogP contribution in [-0.4, -0.2) is 25.0 Å². The summed E-state index contributed by atoms with van der Waals surface area (Å²) >= 11 is 0. The Hall–Kier alpha value is -0.0400. The monoisotopic (exact) mass is 157 g/mol. The van der Waals surface area contributed by atoms with Gasteiger partial charge >= 0.3 is 0 Å². The van der Waals surface area contributed by atoms with Gasteiger partial charge in [0.15, 0.2) is 0 Å². The van der Waals surface area contributed by atoms with Gasteiger partial charge in [0, 0.05) is 0 Å². The standard InChI is InChI=1S/C8H17N.C2H6/c1-8(2)4-6-9(3)7-5-8;1-2/h4-7H2,1-3H3;1-2H3. The summed E-state index contributed by atoms with van der Waals surface area (Å²) in [6.07, 6.45) is 2.73. The van der Waals surface area contributed by atoms with Crippen LogP contribution in [0.15, 0.2) is 0 Å². The molecule has 1 nitrogen and oxygen atoms in total. The van der Waals surface area contributed by atoms with Crippen molar-refractivity contribution >= 4 is 0 Å². The molecule has 1 rings (SSSR count). The average Bonchev–Trinajstić information content (AvgIpc) is 2.00. The molecule has 1 aliphatic rings. The minimum absolute atomic E-state index is 0.618. The molecule has 1 heterocycles. The summed E-state index contributed by atoms with van der Waals surface area (Å²) in [5.74, 6) is 0. The normalized spacial score (nSPS) is 23.7. The Balaban J connectivity index is 0.000000461. The minimum Gasteiger partial charge on any atom is -0.306 e. The van der Waals surface area contributed by atoms with Crippen LogP contribution in [0, 0.1) is 5.41 Å². The van der Waals surface area contributed by atoms with E-state index >= 15 is 0 Å². The van der Waals surface area contributed by atoms with E-state index in [9.17, 15) is 0 Å². The van der Waals surface area contributed by atoms with E-state index in [0.29, 0.717) is 5.41 Å². The zero-order valence-corrected chi connectivity index (χ0v) is 8.78. The fourth-order valence-corrected chi connectivity index (χ4v) is 1.22. The molecule has 68 valence electrons. The highest BCUT2D eigenvalue weighted by molar-refractivity contribution is 4.76. The molecule has 0 aliphatic carbocycles. The molecular formula is C10H23N. The quantitative estimate of drug-likeness (QED) is 0.522. The van der Waals surface area contributed by atoms with Crippen LogP contribution in [0.5, 0.6) is 0 Å². The summed E-state index contributed by atoms with van der Waals surface area (Å²) < 4.78 is 0. The van der Waals surface area contributed by atoms with Crippen LogP contribution in [0.2, 0.25) is 0 Å². The van der Waals surface area contributed by atoms with Gasteiger partial charge in [-0.2, -0.15) is 0 Å². The lowest BCUT2D eigenvalue weighted by Crippen LogP contribution is -2.34. The Bertz CT molecular complexity index is 87.0. The Kier molecular flexibility index (Phi) is 4.74. The lowest BCUT2D eigenvalue weighted by atomic mass is 9.83. The SMILES string of the molecule is CC.CN1CCC(C)(C)CC1. The van der Waals surface area contributed by atoms with Crippen LogP contribution in [0.3, 0.4) is 0 Å². The molecule has 1 fully saturated rings. The third-order valence-corrected chi connectivity index (χ3v) is 2.34. The van der Waals surface area contributed by atoms with E-state index in [2.05, 4.69) is 25.8 Å². The second kappa shape index (κ2) is 4.76. The summed E-state index contributed by atoms with van der Waals surface area (Å²) in [5, 5.41) is 0. The molecule has 0 aromatic heterocycles. The van der Waals surface area contributed by atoms with Crippen molar-refractivity contribution in [2.45, 2.75) is 40.5 Å². The summed E-state index contributed by atoms with van der Waals surface area (Å²) in [6.45, 7) is 11.3. The molecule has 0 N–H and O–H groups in total. The number of hydrogen-bond acceptors (Lipinski definition) is 1. The minimum atomic E-state index is 0.618. The summed E-state index contributed by atoms with van der Waals surface area (Å²) in [6, 6.07) is 0. The lowest BCUT2D eigenvalue weighted by Gasteiger charge is -2.34. The highest BCUT2D eigenvalue weighted by Crippen LogP contribution is 2.28. The highest BCUT2D eigenvalue weighted by Gasteiger charge is 2.22. The van der Waals surface area contributed by atoms with Crippen molar-refractivity contribution in [1.29, 1.82) is 0 Å². The van der Waals surface area contributed by atoms with Crippen LogP contribution in [-0.2, 0) is 0 Å². The maximum atomic E-state index is 2.41. The predicted molar refractivity (Wildman–Crippen MR) is 51.9 cm³/mol. The second-order valence-corrected chi connectivity index (χ2v) is 3.97. The molecule has 0 amide bonds. The van der Waals surface area contributed by atoms with E-state index in [-0.39, 0.29) is 0 Å². The predicted octanol–water partition coefficient (Wildman–Crippen LogP) is 2.76. The van der Waals surface area contributed by atoms with Gasteiger partial charge in [-0.25, -0.2) is 0 Å². The van der Waals surface area contributed by atoms with Gasteiger partial charge in [-0.15, -0.1) is 0 Å². The van der Waals surface area contributed by atoms with Gasteiger partial charge in [0.25, 0.3) is 0 Å². The van der Waals surface area contributed by atoms with Crippen molar-refractivity contribution in [2.75, 3.05) is 20.1 Å². The first-order valence-electron chi connectivity index (χ1n) is 4.79. The van der Waals surface area contributed by atoms with Gasteiger partial charge in [-0.1, -0.05) is 27.7 Å². The van der Waals surface area contributed by atoms with Crippen molar-refractivity contribution in [2.24, 2.45) is 5.41 Å². The average molecular weight is 157 g/mol. The topological polar surface area (TPSA) is 3.24 Å². The van der Waals surface area contributed by atoms with Crippen LogP contribution < -0.4 is 0 Å². The molecule has 1 aliphatic heterocycles. The Morgan fingerprint density at radius 1 is 1.00 bits per heavy atom. The maximum absolute atomic E-state index is 2.41. The number of piperidine rings is 1. The first-order valence-corrected chi connectivity index (χ1v) is 4.79. The van der Waals surface area contributed by atoms with E-state index in [1.54, 1.807) is 0 Å². The van der Waals surface area contributed by atoms with E-state index < -0.39 is 0 Å². The number of hydrogen-bond donors (Lipinski definition) is 0. The fraction of sp³-hybridized carbons (Fsp3) is 1.00. The summed E-state index contributed by atoms with van der Waals surface area (Å²) in [7, 11) is 2.20. The van der Waals surface area contributed by atoms with Crippen LogP contribution in [0.25, 0.3) is 0 Å². The molecule has 0 unspecified atom stereocenters. The Labute approximate surface area is 71.8 Å². The first kappa shape index (κ1) is 11.0. The summed E-state index contributed by atoms with van der Waals surface area (Å²) in [4.78, 5) is 2.41. The van der Waals surface area contributed by atoms with Gasteiger partial charge in [0.1, 0.15) is 0 Å². The Morgan fingerprint density at radius 2 is 1.36 bits per heavy atom. The Morgan fingerprint density at radius 3 is 1.64 bits per heavy atom. The third-order valence-electron chi connectivity index (χ3n) is 2.34. The number of likely N-dealkylation sites (tertiary alicyclic amines) is 1. The van der Waals surface area contributed by atoms with Gasteiger partial charge < -0.3 is 4.90 Å². The smallest absolute Gasteiger partial charge is 0.00167 e. The van der Waals surface area contributed by atoms with Crippen molar-refractivity contribution in [3.05, 3.63) is 0 Å². The molecule has 0 aromatic carbocycles. The van der Waals surface area contributed by atoms with Crippen LogP contribution >= 0.6 is 0 Å². The fourth-order valence-electron chi connectivity index (χ4n) is 1.22. The molecule has 11 heavy (non-hydrogen) atoms. The van der Waals surface area contributed by atoms with Crippen LogP contribution in [0.1, 0.15) is 40.5 Å². The molecule has 1 heteroatoms. The van der Waals surface area contributed by atoms with E-state index in [0.717, 1.165) is 0 Å². The molecule has 0 radical (unpaired) electrons. The maximum Gasteiger partial charge on any atom is -0.00167 e.